The molecule has 0 radical (unpaired) electrons. The fraction of sp³-hybridized carbons (Fsp3) is 0.636. The molecule has 1 fully saturated rings. The third-order valence-electron chi connectivity index (χ3n) is 3.23. The second-order valence-electron chi connectivity index (χ2n) is 4.58. The van der Waals surface area contributed by atoms with Gasteiger partial charge in [0.05, 0.1) is 12.4 Å². The van der Waals surface area contributed by atoms with Crippen LogP contribution < -0.4 is 5.32 Å². The Labute approximate surface area is 107 Å². The summed E-state index contributed by atoms with van der Waals surface area (Å²) in [5.41, 5.74) is 0. The fourth-order valence-electron chi connectivity index (χ4n) is 1.95. The summed E-state index contributed by atoms with van der Waals surface area (Å²) >= 11 is 0. The van der Waals surface area contributed by atoms with Crippen LogP contribution >= 0.6 is 0 Å². The predicted octanol–water partition coefficient (Wildman–Crippen LogP) is 0.939. The number of hydrogen-bond acceptors (Lipinski definition) is 5. The van der Waals surface area contributed by atoms with E-state index >= 15 is 0 Å². The van der Waals surface area contributed by atoms with Gasteiger partial charge < -0.3 is 5.32 Å². The zero-order valence-corrected chi connectivity index (χ0v) is 11.4. The van der Waals surface area contributed by atoms with Crippen molar-refractivity contribution in [2.75, 3.05) is 25.5 Å². The van der Waals surface area contributed by atoms with Crippen LogP contribution in [0, 0.1) is 5.92 Å². The first-order valence-electron chi connectivity index (χ1n) is 6.04. The average Bonchev–Trinajstić information content (AvgIpc) is 2.39. The monoisotopic (exact) mass is 270 g/mol. The van der Waals surface area contributed by atoms with Gasteiger partial charge in [-0.05, 0) is 18.8 Å². The molecule has 0 aromatic carbocycles. The third-order valence-corrected chi connectivity index (χ3v) is 5.08. The maximum Gasteiger partial charge on any atom is 0.246 e. The minimum atomic E-state index is -3.43. The molecule has 1 N–H and O–H groups in total. The third kappa shape index (κ3) is 2.62. The topological polar surface area (TPSA) is 75.2 Å². The van der Waals surface area contributed by atoms with Crippen molar-refractivity contribution in [2.45, 2.75) is 24.7 Å². The van der Waals surface area contributed by atoms with Crippen LogP contribution in [0.25, 0.3) is 0 Å². The zero-order chi connectivity index (χ0) is 13.2. The molecule has 0 aliphatic carbocycles. The zero-order valence-electron chi connectivity index (χ0n) is 10.6. The quantitative estimate of drug-likeness (QED) is 0.884. The maximum absolute atomic E-state index is 12.3. The minimum absolute atomic E-state index is 0.163. The van der Waals surface area contributed by atoms with Gasteiger partial charge in [0.2, 0.25) is 16.0 Å². The lowest BCUT2D eigenvalue weighted by Gasteiger charge is -2.29. The first-order valence-corrected chi connectivity index (χ1v) is 7.48. The van der Waals surface area contributed by atoms with E-state index in [4.69, 9.17) is 0 Å². The Kier molecular flexibility index (Phi) is 3.82. The van der Waals surface area contributed by atoms with E-state index in [1.165, 1.54) is 16.7 Å². The van der Waals surface area contributed by atoms with Gasteiger partial charge >= 0.3 is 0 Å². The molecule has 1 saturated heterocycles. The van der Waals surface area contributed by atoms with Gasteiger partial charge in [0.1, 0.15) is 4.90 Å². The van der Waals surface area contributed by atoms with E-state index in [2.05, 4.69) is 22.2 Å². The van der Waals surface area contributed by atoms with Crippen LogP contribution in [0.1, 0.15) is 19.8 Å². The minimum Gasteiger partial charge on any atom is -0.357 e. The first kappa shape index (κ1) is 13.2. The molecule has 7 heteroatoms. The van der Waals surface area contributed by atoms with E-state index < -0.39 is 10.0 Å². The number of piperidine rings is 1. The van der Waals surface area contributed by atoms with Crippen molar-refractivity contribution in [1.29, 1.82) is 0 Å². The molecule has 0 bridgehead atoms. The average molecular weight is 270 g/mol. The molecule has 1 aliphatic heterocycles. The van der Waals surface area contributed by atoms with Crippen molar-refractivity contribution < 1.29 is 8.42 Å². The van der Waals surface area contributed by atoms with Crippen LogP contribution in [0.5, 0.6) is 0 Å². The first-order chi connectivity index (χ1) is 8.54. The fourth-order valence-corrected chi connectivity index (χ4v) is 3.31. The van der Waals surface area contributed by atoms with Crippen LogP contribution in [0.3, 0.4) is 0 Å². The molecule has 6 nitrogen and oxygen atoms in total. The SMILES string of the molecule is CNc1ncc(S(=O)(=O)N2CCC(C)CC2)cn1. The van der Waals surface area contributed by atoms with E-state index in [-0.39, 0.29) is 4.90 Å². The molecule has 2 rings (SSSR count). The molecule has 2 heterocycles. The normalized spacial score (nSPS) is 18.8. The molecule has 0 atom stereocenters. The second kappa shape index (κ2) is 5.19. The summed E-state index contributed by atoms with van der Waals surface area (Å²) < 4.78 is 26.2. The Bertz CT molecular complexity index is 492. The van der Waals surface area contributed by atoms with Crippen molar-refractivity contribution in [3.05, 3.63) is 12.4 Å². The number of aromatic nitrogens is 2. The van der Waals surface area contributed by atoms with Gasteiger partial charge in [0.25, 0.3) is 0 Å². The van der Waals surface area contributed by atoms with Crippen molar-refractivity contribution in [2.24, 2.45) is 5.92 Å². The number of sulfonamides is 1. The van der Waals surface area contributed by atoms with Crippen LogP contribution in [-0.4, -0.2) is 42.8 Å². The molecule has 0 spiro atoms. The standard InChI is InChI=1S/C11H18N4O2S/c1-9-3-5-15(6-4-9)18(16,17)10-7-13-11(12-2)14-8-10/h7-9H,3-6H2,1-2H3,(H,12,13,14). The Morgan fingerprint density at radius 1 is 1.28 bits per heavy atom. The Hall–Kier alpha value is -1.21. The van der Waals surface area contributed by atoms with Crippen LogP contribution in [0.4, 0.5) is 5.95 Å². The summed E-state index contributed by atoms with van der Waals surface area (Å²) in [4.78, 5) is 8.05. The van der Waals surface area contributed by atoms with E-state index in [1.54, 1.807) is 7.05 Å². The molecule has 0 saturated carbocycles. The number of anilines is 1. The van der Waals surface area contributed by atoms with Gasteiger partial charge in [0.15, 0.2) is 0 Å². The van der Waals surface area contributed by atoms with Crippen LogP contribution in [-0.2, 0) is 10.0 Å². The second-order valence-corrected chi connectivity index (χ2v) is 6.52. The van der Waals surface area contributed by atoms with Gasteiger partial charge in [-0.15, -0.1) is 0 Å². The van der Waals surface area contributed by atoms with Crippen LogP contribution in [0.2, 0.25) is 0 Å². The van der Waals surface area contributed by atoms with Crippen LogP contribution in [0.15, 0.2) is 17.3 Å². The highest BCUT2D eigenvalue weighted by atomic mass is 32.2. The predicted molar refractivity (Wildman–Crippen MR) is 68.7 cm³/mol. The lowest BCUT2D eigenvalue weighted by molar-refractivity contribution is 0.288. The van der Waals surface area contributed by atoms with E-state index in [0.717, 1.165) is 12.8 Å². The molecular formula is C11H18N4O2S. The molecule has 18 heavy (non-hydrogen) atoms. The Morgan fingerprint density at radius 2 is 1.83 bits per heavy atom. The largest absolute Gasteiger partial charge is 0.357 e. The van der Waals surface area contributed by atoms with Gasteiger partial charge in [-0.3, -0.25) is 0 Å². The summed E-state index contributed by atoms with van der Waals surface area (Å²) in [5, 5.41) is 2.76. The summed E-state index contributed by atoms with van der Waals surface area (Å²) in [6, 6.07) is 0. The molecule has 100 valence electrons. The van der Waals surface area contributed by atoms with Crippen molar-refractivity contribution in [3.63, 3.8) is 0 Å². The summed E-state index contributed by atoms with van der Waals surface area (Å²) in [5.74, 6) is 1.01. The van der Waals surface area contributed by atoms with Crippen molar-refractivity contribution >= 4 is 16.0 Å². The number of nitrogens with zero attached hydrogens (tertiary/aromatic N) is 3. The maximum atomic E-state index is 12.3. The van der Waals surface area contributed by atoms with E-state index in [0.29, 0.717) is 25.0 Å². The lowest BCUT2D eigenvalue weighted by atomic mass is 10.0. The smallest absolute Gasteiger partial charge is 0.246 e. The van der Waals surface area contributed by atoms with Gasteiger partial charge in [-0.25, -0.2) is 18.4 Å². The van der Waals surface area contributed by atoms with Gasteiger partial charge in [-0.1, -0.05) is 6.92 Å². The highest BCUT2D eigenvalue weighted by molar-refractivity contribution is 7.89. The molecular weight excluding hydrogens is 252 g/mol. The van der Waals surface area contributed by atoms with E-state index in [1.807, 2.05) is 0 Å². The highest BCUT2D eigenvalue weighted by Gasteiger charge is 2.28. The molecule has 0 amide bonds. The highest BCUT2D eigenvalue weighted by Crippen LogP contribution is 2.22. The molecule has 1 aliphatic rings. The van der Waals surface area contributed by atoms with Crippen molar-refractivity contribution in [1.82, 2.24) is 14.3 Å². The van der Waals surface area contributed by atoms with Crippen molar-refractivity contribution in [3.8, 4) is 0 Å². The summed E-state index contributed by atoms with van der Waals surface area (Å²) in [6.07, 6.45) is 4.53. The number of nitrogens with one attached hydrogen (secondary N) is 1. The molecule has 0 unspecified atom stereocenters. The Balaban J connectivity index is 2.19. The van der Waals surface area contributed by atoms with Gasteiger partial charge in [-0.2, -0.15) is 4.31 Å². The lowest BCUT2D eigenvalue weighted by Crippen LogP contribution is -2.37. The van der Waals surface area contributed by atoms with Gasteiger partial charge in [0, 0.05) is 20.1 Å². The summed E-state index contributed by atoms with van der Waals surface area (Å²) in [6.45, 7) is 3.31. The Morgan fingerprint density at radius 3 is 2.33 bits per heavy atom. The number of rotatable bonds is 3. The summed E-state index contributed by atoms with van der Waals surface area (Å²) in [7, 11) is -1.74. The molecule has 1 aromatic rings. The molecule has 1 aromatic heterocycles. The van der Waals surface area contributed by atoms with E-state index in [9.17, 15) is 8.42 Å². The number of hydrogen-bond donors (Lipinski definition) is 1.